The molecule has 0 aliphatic heterocycles. The van der Waals surface area contributed by atoms with Gasteiger partial charge in [-0.25, -0.2) is 10.1 Å². The van der Waals surface area contributed by atoms with Crippen molar-refractivity contribution in [3.63, 3.8) is 0 Å². The maximum atomic E-state index is 12.5. The molecule has 0 saturated heterocycles. The van der Waals surface area contributed by atoms with E-state index in [4.69, 9.17) is 15.2 Å². The van der Waals surface area contributed by atoms with Crippen molar-refractivity contribution in [2.45, 2.75) is 27.2 Å². The lowest BCUT2D eigenvalue weighted by Gasteiger charge is -2.11. The number of nitrogen functional groups attached to an aromatic ring is 1. The fourth-order valence-corrected chi connectivity index (χ4v) is 2.55. The normalized spacial score (nSPS) is 11.4. The molecular formula is C18H22N8O4. The predicted octanol–water partition coefficient (Wildman–Crippen LogP) is 1.49. The van der Waals surface area contributed by atoms with Crippen LogP contribution in [0.3, 0.4) is 0 Å². The van der Waals surface area contributed by atoms with Crippen molar-refractivity contribution in [3.8, 4) is 17.3 Å². The van der Waals surface area contributed by atoms with Crippen LogP contribution in [0.15, 0.2) is 27.9 Å². The minimum Gasteiger partial charge on any atom is -0.493 e. The fraction of sp³-hybridized carbons (Fsp3) is 0.333. The molecule has 0 bridgehead atoms. The molecule has 1 aromatic carbocycles. The van der Waals surface area contributed by atoms with Crippen LogP contribution in [-0.4, -0.2) is 50.6 Å². The Morgan fingerprint density at radius 2 is 2.13 bits per heavy atom. The van der Waals surface area contributed by atoms with Gasteiger partial charge in [0.2, 0.25) is 11.6 Å². The number of anilines is 1. The van der Waals surface area contributed by atoms with Crippen molar-refractivity contribution in [1.82, 2.24) is 30.7 Å². The quantitative estimate of drug-likeness (QED) is 0.412. The highest BCUT2D eigenvalue weighted by Crippen LogP contribution is 2.28. The molecule has 1 amide bonds. The van der Waals surface area contributed by atoms with Gasteiger partial charge in [-0.3, -0.25) is 4.79 Å². The van der Waals surface area contributed by atoms with Gasteiger partial charge in [-0.05, 0) is 48.8 Å². The van der Waals surface area contributed by atoms with Crippen LogP contribution in [0, 0.1) is 6.92 Å². The molecule has 2 aromatic heterocycles. The number of nitrogens with zero attached hydrogens (tertiary/aromatic N) is 6. The molecule has 3 rings (SSSR count). The van der Waals surface area contributed by atoms with Crippen molar-refractivity contribution >= 4 is 17.4 Å². The third-order valence-electron chi connectivity index (χ3n) is 4.17. The van der Waals surface area contributed by atoms with Gasteiger partial charge in [-0.2, -0.15) is 9.78 Å². The number of ether oxygens (including phenoxy) is 2. The summed E-state index contributed by atoms with van der Waals surface area (Å²) in [4.78, 5) is 12.5. The van der Waals surface area contributed by atoms with Crippen molar-refractivity contribution in [3.05, 3.63) is 35.2 Å². The van der Waals surface area contributed by atoms with Gasteiger partial charge in [0.1, 0.15) is 0 Å². The summed E-state index contributed by atoms with van der Waals surface area (Å²) in [6.07, 6.45) is 0.890. The molecule has 0 unspecified atom stereocenters. The molecule has 3 aromatic rings. The molecule has 0 spiro atoms. The first kappa shape index (κ1) is 20.8. The van der Waals surface area contributed by atoms with E-state index < -0.39 is 5.91 Å². The second-order valence-electron chi connectivity index (χ2n) is 6.26. The van der Waals surface area contributed by atoms with E-state index in [0.29, 0.717) is 29.5 Å². The molecule has 12 heteroatoms. The van der Waals surface area contributed by atoms with E-state index in [1.54, 1.807) is 33.1 Å². The number of hydrogen-bond acceptors (Lipinski definition) is 10. The van der Waals surface area contributed by atoms with Crippen molar-refractivity contribution in [1.29, 1.82) is 0 Å². The van der Waals surface area contributed by atoms with Crippen LogP contribution in [0.2, 0.25) is 0 Å². The summed E-state index contributed by atoms with van der Waals surface area (Å²) in [7, 11) is 1.56. The summed E-state index contributed by atoms with van der Waals surface area (Å²) in [5, 5.41) is 19.0. The van der Waals surface area contributed by atoms with Crippen LogP contribution in [0.1, 0.15) is 42.0 Å². The number of benzene rings is 1. The van der Waals surface area contributed by atoms with E-state index in [9.17, 15) is 4.79 Å². The molecule has 0 aliphatic rings. The first-order chi connectivity index (χ1) is 14.5. The number of hydrogen-bond donors (Lipinski definition) is 2. The Hall–Kier alpha value is -3.96. The third-order valence-corrected chi connectivity index (χ3v) is 4.17. The van der Waals surface area contributed by atoms with E-state index in [-0.39, 0.29) is 17.3 Å². The summed E-state index contributed by atoms with van der Waals surface area (Å²) in [5.74, 6) is 0.872. The molecule has 0 saturated carbocycles. The zero-order valence-electron chi connectivity index (χ0n) is 17.0. The fourth-order valence-electron chi connectivity index (χ4n) is 2.55. The minimum absolute atomic E-state index is 0.0316. The number of hydrazone groups is 1. The van der Waals surface area contributed by atoms with Gasteiger partial charge in [0.05, 0.1) is 25.1 Å². The van der Waals surface area contributed by atoms with Gasteiger partial charge in [0.15, 0.2) is 17.2 Å². The lowest BCUT2D eigenvalue weighted by atomic mass is 10.1. The highest BCUT2D eigenvalue weighted by molar-refractivity contribution is 6.01. The Bertz CT molecular complexity index is 1070. The summed E-state index contributed by atoms with van der Waals surface area (Å²) in [6, 6.07) is 5.43. The molecule has 12 nitrogen and oxygen atoms in total. The zero-order valence-corrected chi connectivity index (χ0v) is 17.0. The molecule has 2 heterocycles. The number of nitrogens with two attached hydrogens (primary N) is 1. The Labute approximate surface area is 172 Å². The molecular weight excluding hydrogens is 392 g/mol. The Kier molecular flexibility index (Phi) is 6.25. The largest absolute Gasteiger partial charge is 0.493 e. The van der Waals surface area contributed by atoms with E-state index in [0.717, 1.165) is 12.0 Å². The first-order valence-corrected chi connectivity index (χ1v) is 9.12. The second-order valence-corrected chi connectivity index (χ2v) is 6.26. The van der Waals surface area contributed by atoms with E-state index >= 15 is 0 Å². The predicted molar refractivity (Wildman–Crippen MR) is 107 cm³/mol. The zero-order chi connectivity index (χ0) is 21.7. The average Bonchev–Trinajstić information content (AvgIpc) is 3.34. The van der Waals surface area contributed by atoms with Gasteiger partial charge in [0, 0.05) is 5.56 Å². The second kappa shape index (κ2) is 9.03. The molecule has 158 valence electrons. The number of carbonyl (C=O) groups excluding carboxylic acids is 1. The smallest absolute Gasteiger partial charge is 0.293 e. The Morgan fingerprint density at radius 3 is 2.80 bits per heavy atom. The summed E-state index contributed by atoms with van der Waals surface area (Å²) >= 11 is 0. The highest BCUT2D eigenvalue weighted by atomic mass is 16.6. The molecule has 0 radical (unpaired) electrons. The Balaban J connectivity index is 1.75. The first-order valence-electron chi connectivity index (χ1n) is 9.12. The summed E-state index contributed by atoms with van der Waals surface area (Å²) < 4.78 is 16.8. The highest BCUT2D eigenvalue weighted by Gasteiger charge is 2.20. The SMILES string of the molecule is CCCOc1ccc(/C(C)=N\NC(=O)c2nnn(-c3nonc3N)c2C)cc1OC. The maximum Gasteiger partial charge on any atom is 0.293 e. The van der Waals surface area contributed by atoms with Gasteiger partial charge in [-0.1, -0.05) is 12.1 Å². The van der Waals surface area contributed by atoms with Gasteiger partial charge < -0.3 is 15.2 Å². The number of methoxy groups -OCH3 is 1. The van der Waals surface area contributed by atoms with E-state index in [2.05, 4.69) is 35.8 Å². The number of carbonyl (C=O) groups is 1. The van der Waals surface area contributed by atoms with Crippen LogP contribution in [-0.2, 0) is 0 Å². The van der Waals surface area contributed by atoms with E-state index in [1.165, 1.54) is 4.68 Å². The molecule has 3 N–H and O–H groups in total. The average molecular weight is 414 g/mol. The Morgan fingerprint density at radius 1 is 1.33 bits per heavy atom. The van der Waals surface area contributed by atoms with Gasteiger partial charge >= 0.3 is 0 Å². The topological polar surface area (TPSA) is 156 Å². The van der Waals surface area contributed by atoms with Gasteiger partial charge in [0.25, 0.3) is 5.91 Å². The summed E-state index contributed by atoms with van der Waals surface area (Å²) in [5.41, 5.74) is 9.92. The monoisotopic (exact) mass is 414 g/mol. The third kappa shape index (κ3) is 4.21. The van der Waals surface area contributed by atoms with Crippen molar-refractivity contribution in [2.75, 3.05) is 19.5 Å². The lowest BCUT2D eigenvalue weighted by Crippen LogP contribution is -2.21. The molecule has 0 atom stereocenters. The van der Waals surface area contributed by atoms with Crippen LogP contribution in [0.4, 0.5) is 5.82 Å². The van der Waals surface area contributed by atoms with Crippen LogP contribution in [0.25, 0.3) is 5.82 Å². The minimum atomic E-state index is -0.539. The van der Waals surface area contributed by atoms with Crippen LogP contribution >= 0.6 is 0 Å². The van der Waals surface area contributed by atoms with Crippen molar-refractivity contribution < 1.29 is 18.9 Å². The molecule has 0 aliphatic carbocycles. The lowest BCUT2D eigenvalue weighted by molar-refractivity contribution is 0.0949. The number of aromatic nitrogens is 5. The number of nitrogens with one attached hydrogen (secondary N) is 1. The molecule has 30 heavy (non-hydrogen) atoms. The van der Waals surface area contributed by atoms with Crippen LogP contribution < -0.4 is 20.6 Å². The van der Waals surface area contributed by atoms with Gasteiger partial charge in [-0.15, -0.1) is 5.10 Å². The number of amides is 1. The number of rotatable bonds is 8. The maximum absolute atomic E-state index is 12.5. The van der Waals surface area contributed by atoms with Crippen molar-refractivity contribution in [2.24, 2.45) is 5.10 Å². The standard InChI is InChI=1S/C18H22N8O4/c1-5-8-29-13-7-6-12(9-14(13)28-4)10(2)20-22-18(27)15-11(3)26(25-21-15)17-16(19)23-30-24-17/h6-7,9H,5,8H2,1-4H3,(H2,19,23)(H,22,27)/b20-10-. The van der Waals surface area contributed by atoms with Crippen LogP contribution in [0.5, 0.6) is 11.5 Å². The molecule has 0 fully saturated rings. The summed E-state index contributed by atoms with van der Waals surface area (Å²) in [6.45, 7) is 6.01. The van der Waals surface area contributed by atoms with E-state index in [1.807, 2.05) is 13.0 Å².